The van der Waals surface area contributed by atoms with Gasteiger partial charge in [0, 0.05) is 25.1 Å². The Kier molecular flexibility index (Phi) is 6.43. The molecule has 1 aromatic heterocycles. The van der Waals surface area contributed by atoms with Crippen molar-refractivity contribution in [3.8, 4) is 5.75 Å². The normalized spacial score (nSPS) is 21.5. The molecule has 0 bridgehead atoms. The molecule has 1 saturated heterocycles. The maximum absolute atomic E-state index is 13.9. The second-order valence-electron chi connectivity index (χ2n) is 9.03. The molecule has 0 spiro atoms. The number of benzene rings is 1. The van der Waals surface area contributed by atoms with Crippen LogP contribution < -0.4 is 9.64 Å². The fourth-order valence-corrected chi connectivity index (χ4v) is 4.54. The van der Waals surface area contributed by atoms with Crippen molar-refractivity contribution in [1.29, 1.82) is 0 Å². The summed E-state index contributed by atoms with van der Waals surface area (Å²) < 4.78 is 25.1. The van der Waals surface area contributed by atoms with Crippen LogP contribution >= 0.6 is 0 Å². The lowest BCUT2D eigenvalue weighted by Gasteiger charge is -2.30. The third kappa shape index (κ3) is 5.35. The summed E-state index contributed by atoms with van der Waals surface area (Å²) in [5.74, 6) is 2.05. The van der Waals surface area contributed by atoms with Gasteiger partial charge in [-0.15, -0.1) is 0 Å². The minimum atomic E-state index is -1.05. The Morgan fingerprint density at radius 1 is 1.35 bits per heavy atom. The standard InChI is InChI=1S/C23H30FN3O4/c1-14(2)22-25-23(31-26-22)27-8-5-15(6-9-27)19-11-16(19)7-10-30-18-4-3-17(12-21(28)29)20(24)13-18/h3-4,13-16,19H,5-12H2,1-2H3,(H,28,29). The number of carboxylic acid groups (broad SMARTS) is 1. The molecule has 2 heterocycles. The fourth-order valence-electron chi connectivity index (χ4n) is 4.54. The number of halogens is 1. The molecular formula is C23H30FN3O4. The number of nitrogens with zero attached hydrogens (tertiary/aromatic N) is 3. The van der Waals surface area contributed by atoms with E-state index in [2.05, 4.69) is 28.9 Å². The molecule has 0 radical (unpaired) electrons. The zero-order valence-corrected chi connectivity index (χ0v) is 18.1. The van der Waals surface area contributed by atoms with Gasteiger partial charge in [-0.1, -0.05) is 25.1 Å². The van der Waals surface area contributed by atoms with Crippen molar-refractivity contribution in [2.45, 2.75) is 51.9 Å². The Hall–Kier alpha value is -2.64. The third-order valence-corrected chi connectivity index (χ3v) is 6.46. The van der Waals surface area contributed by atoms with Crippen LogP contribution in [0.2, 0.25) is 0 Å². The van der Waals surface area contributed by atoms with Gasteiger partial charge in [0.2, 0.25) is 0 Å². The predicted molar refractivity (Wildman–Crippen MR) is 113 cm³/mol. The van der Waals surface area contributed by atoms with E-state index in [1.54, 1.807) is 6.07 Å². The fraction of sp³-hybridized carbons (Fsp3) is 0.609. The van der Waals surface area contributed by atoms with E-state index in [0.717, 1.165) is 50.0 Å². The Balaban J connectivity index is 1.17. The molecule has 2 atom stereocenters. The molecule has 1 aromatic carbocycles. The summed E-state index contributed by atoms with van der Waals surface area (Å²) in [4.78, 5) is 17.4. The van der Waals surface area contributed by atoms with Crippen LogP contribution in [-0.4, -0.2) is 40.9 Å². The van der Waals surface area contributed by atoms with Gasteiger partial charge in [-0.3, -0.25) is 4.79 Å². The zero-order chi connectivity index (χ0) is 22.0. The average Bonchev–Trinajstić information content (AvgIpc) is 3.32. The molecule has 0 amide bonds. The molecule has 8 heteroatoms. The summed E-state index contributed by atoms with van der Waals surface area (Å²) in [7, 11) is 0. The van der Waals surface area contributed by atoms with Crippen molar-refractivity contribution in [2.75, 3.05) is 24.6 Å². The summed E-state index contributed by atoms with van der Waals surface area (Å²) in [6.07, 6.45) is 4.15. The first-order chi connectivity index (χ1) is 14.9. The molecule has 168 valence electrons. The summed E-state index contributed by atoms with van der Waals surface area (Å²) in [6.45, 7) is 6.57. The molecule has 31 heavy (non-hydrogen) atoms. The van der Waals surface area contributed by atoms with Gasteiger partial charge in [-0.05, 0) is 55.1 Å². The average molecular weight is 432 g/mol. The number of anilines is 1. The predicted octanol–water partition coefficient (Wildman–Crippen LogP) is 4.28. The van der Waals surface area contributed by atoms with E-state index in [4.69, 9.17) is 14.4 Å². The topological polar surface area (TPSA) is 88.7 Å². The maximum Gasteiger partial charge on any atom is 0.324 e. The number of hydrogen-bond donors (Lipinski definition) is 1. The molecule has 4 rings (SSSR count). The van der Waals surface area contributed by atoms with E-state index in [1.807, 2.05) is 0 Å². The van der Waals surface area contributed by atoms with E-state index < -0.39 is 11.8 Å². The van der Waals surface area contributed by atoms with Gasteiger partial charge < -0.3 is 19.3 Å². The zero-order valence-electron chi connectivity index (χ0n) is 18.1. The summed E-state index contributed by atoms with van der Waals surface area (Å²) in [6, 6.07) is 5.05. The highest BCUT2D eigenvalue weighted by molar-refractivity contribution is 5.70. The molecule has 1 saturated carbocycles. The number of carboxylic acids is 1. The Labute approximate surface area is 181 Å². The van der Waals surface area contributed by atoms with Crippen molar-refractivity contribution in [3.63, 3.8) is 0 Å². The lowest BCUT2D eigenvalue weighted by Crippen LogP contribution is -2.34. The van der Waals surface area contributed by atoms with Crippen LogP contribution in [0.3, 0.4) is 0 Å². The first-order valence-corrected chi connectivity index (χ1v) is 11.1. The highest BCUT2D eigenvalue weighted by Crippen LogP contribution is 2.50. The van der Waals surface area contributed by atoms with Crippen molar-refractivity contribution in [3.05, 3.63) is 35.4 Å². The highest BCUT2D eigenvalue weighted by atomic mass is 19.1. The maximum atomic E-state index is 13.9. The molecule has 1 aliphatic heterocycles. The second-order valence-corrected chi connectivity index (χ2v) is 9.03. The number of piperidine rings is 1. The van der Waals surface area contributed by atoms with Gasteiger partial charge in [0.25, 0.3) is 0 Å². The van der Waals surface area contributed by atoms with Gasteiger partial charge in [0.15, 0.2) is 5.82 Å². The van der Waals surface area contributed by atoms with Crippen LogP contribution in [-0.2, 0) is 11.2 Å². The van der Waals surface area contributed by atoms with Crippen LogP contribution in [0.1, 0.15) is 56.8 Å². The van der Waals surface area contributed by atoms with E-state index in [0.29, 0.717) is 24.3 Å². The van der Waals surface area contributed by atoms with E-state index in [9.17, 15) is 9.18 Å². The van der Waals surface area contributed by atoms with Crippen LogP contribution in [0.4, 0.5) is 10.4 Å². The Morgan fingerprint density at radius 2 is 2.13 bits per heavy atom. The number of aromatic nitrogens is 2. The quantitative estimate of drug-likeness (QED) is 0.634. The first-order valence-electron chi connectivity index (χ1n) is 11.1. The van der Waals surface area contributed by atoms with Gasteiger partial charge in [0.05, 0.1) is 13.0 Å². The van der Waals surface area contributed by atoms with Crippen molar-refractivity contribution in [1.82, 2.24) is 10.1 Å². The van der Waals surface area contributed by atoms with Crippen molar-refractivity contribution < 1.29 is 23.6 Å². The molecule has 2 aromatic rings. The minimum Gasteiger partial charge on any atom is -0.493 e. The molecule has 7 nitrogen and oxygen atoms in total. The number of ether oxygens (including phenoxy) is 1. The van der Waals surface area contributed by atoms with Crippen molar-refractivity contribution in [2.24, 2.45) is 17.8 Å². The Bertz CT molecular complexity index is 908. The summed E-state index contributed by atoms with van der Waals surface area (Å²) >= 11 is 0. The van der Waals surface area contributed by atoms with Crippen LogP contribution in [0, 0.1) is 23.6 Å². The second kappa shape index (κ2) is 9.24. The van der Waals surface area contributed by atoms with Gasteiger partial charge in [0.1, 0.15) is 11.6 Å². The Morgan fingerprint density at radius 3 is 2.77 bits per heavy atom. The van der Waals surface area contributed by atoms with E-state index in [-0.39, 0.29) is 17.9 Å². The van der Waals surface area contributed by atoms with Crippen LogP contribution in [0.25, 0.3) is 0 Å². The van der Waals surface area contributed by atoms with Crippen LogP contribution in [0.5, 0.6) is 5.75 Å². The summed E-state index contributed by atoms with van der Waals surface area (Å²) in [5.41, 5.74) is 0.175. The van der Waals surface area contributed by atoms with Gasteiger partial charge >= 0.3 is 12.0 Å². The largest absolute Gasteiger partial charge is 0.493 e. The smallest absolute Gasteiger partial charge is 0.324 e. The number of aliphatic carboxylic acids is 1. The molecule has 2 fully saturated rings. The highest BCUT2D eigenvalue weighted by Gasteiger charge is 2.43. The van der Waals surface area contributed by atoms with Gasteiger partial charge in [-0.25, -0.2) is 4.39 Å². The molecule has 1 aliphatic carbocycles. The van der Waals surface area contributed by atoms with Crippen molar-refractivity contribution >= 4 is 12.0 Å². The molecule has 2 aliphatic rings. The lowest BCUT2D eigenvalue weighted by molar-refractivity contribution is -0.136. The third-order valence-electron chi connectivity index (χ3n) is 6.46. The number of carbonyl (C=O) groups is 1. The number of hydrogen-bond acceptors (Lipinski definition) is 6. The monoisotopic (exact) mass is 431 g/mol. The minimum absolute atomic E-state index is 0.175. The molecule has 2 unspecified atom stereocenters. The molecule has 1 N–H and O–H groups in total. The van der Waals surface area contributed by atoms with E-state index >= 15 is 0 Å². The summed E-state index contributed by atoms with van der Waals surface area (Å²) in [5, 5.41) is 12.8. The first kappa shape index (κ1) is 21.6. The SMILES string of the molecule is CC(C)c1noc(N2CCC(C3CC3CCOc3ccc(CC(=O)O)c(F)c3)CC2)n1. The van der Waals surface area contributed by atoms with Crippen LogP contribution in [0.15, 0.2) is 22.7 Å². The van der Waals surface area contributed by atoms with E-state index in [1.165, 1.54) is 18.6 Å². The molecular weight excluding hydrogens is 401 g/mol. The lowest BCUT2D eigenvalue weighted by atomic mass is 9.90. The van der Waals surface area contributed by atoms with Gasteiger partial charge in [-0.2, -0.15) is 4.98 Å². The number of rotatable bonds is 9.